The molecule has 0 bridgehead atoms. The lowest BCUT2D eigenvalue weighted by molar-refractivity contribution is 0.0947. The first-order valence-electron chi connectivity index (χ1n) is 10.9. The summed E-state index contributed by atoms with van der Waals surface area (Å²) in [5, 5.41) is 10.9. The van der Waals surface area contributed by atoms with Crippen LogP contribution in [-0.2, 0) is 13.1 Å². The maximum atomic E-state index is 13.4. The highest BCUT2D eigenvalue weighted by Gasteiger charge is 2.20. The number of nitrogens with zero attached hydrogens (tertiary/aromatic N) is 3. The summed E-state index contributed by atoms with van der Waals surface area (Å²) < 4.78 is 12.1. The van der Waals surface area contributed by atoms with Crippen molar-refractivity contribution < 1.29 is 14.3 Å². The lowest BCUT2D eigenvalue weighted by atomic mass is 10.1. The number of carbonyl (C=O) groups is 1. The van der Waals surface area contributed by atoms with Gasteiger partial charge in [-0.25, -0.2) is 0 Å². The number of methoxy groups -OCH3 is 2. The Morgan fingerprint density at radius 3 is 2.00 bits per heavy atom. The molecule has 8 heteroatoms. The highest BCUT2D eigenvalue weighted by molar-refractivity contribution is 5.98. The molecule has 0 unspecified atom stereocenters. The van der Waals surface area contributed by atoms with Crippen molar-refractivity contribution in [3.05, 3.63) is 95.1 Å². The number of anilines is 2. The van der Waals surface area contributed by atoms with Crippen LogP contribution in [0.15, 0.2) is 72.8 Å². The molecular formula is C26H27N5O3. The minimum atomic E-state index is -0.265. The number of ether oxygens (including phenoxy) is 2. The fraction of sp³-hybridized carbons (Fsp3) is 0.192. The topological polar surface area (TPSA) is 90.3 Å². The standard InChI is InChI=1S/C26H27N5O3/c1-18-10-4-7-13-21(18)24(32)31-26(28-17-20-12-6-9-15-23(20)34-3)29-25(30-31)27-16-19-11-5-8-14-22(19)33-2/h4-15H,16-17H2,1-3H3,(H2,27,28,29,30). The molecule has 1 heterocycles. The zero-order valence-electron chi connectivity index (χ0n) is 19.4. The van der Waals surface area contributed by atoms with E-state index in [1.165, 1.54) is 4.68 Å². The zero-order valence-corrected chi connectivity index (χ0v) is 19.4. The number of benzene rings is 3. The summed E-state index contributed by atoms with van der Waals surface area (Å²) in [6.45, 7) is 2.75. The van der Waals surface area contributed by atoms with Gasteiger partial charge in [0.05, 0.1) is 14.2 Å². The number of aryl methyl sites for hydroxylation is 1. The predicted octanol–water partition coefficient (Wildman–Crippen LogP) is 4.52. The second-order valence-corrected chi connectivity index (χ2v) is 7.62. The summed E-state index contributed by atoms with van der Waals surface area (Å²) in [7, 11) is 3.26. The molecule has 0 aliphatic carbocycles. The summed E-state index contributed by atoms with van der Waals surface area (Å²) in [6.07, 6.45) is 0. The van der Waals surface area contributed by atoms with Crippen molar-refractivity contribution in [2.24, 2.45) is 0 Å². The Bertz CT molecular complexity index is 1280. The summed E-state index contributed by atoms with van der Waals surface area (Å²) in [6, 6.07) is 22.8. The highest BCUT2D eigenvalue weighted by atomic mass is 16.5. The number of carbonyl (C=O) groups excluding carboxylic acids is 1. The normalized spacial score (nSPS) is 10.6. The smallest absolute Gasteiger partial charge is 0.281 e. The van der Waals surface area contributed by atoms with E-state index in [1.54, 1.807) is 20.3 Å². The highest BCUT2D eigenvalue weighted by Crippen LogP contribution is 2.22. The Morgan fingerprint density at radius 1 is 0.824 bits per heavy atom. The van der Waals surface area contributed by atoms with Crippen LogP contribution >= 0.6 is 0 Å². The van der Waals surface area contributed by atoms with Crippen LogP contribution in [0.2, 0.25) is 0 Å². The molecule has 8 nitrogen and oxygen atoms in total. The van der Waals surface area contributed by atoms with E-state index < -0.39 is 0 Å². The molecule has 0 amide bonds. The van der Waals surface area contributed by atoms with Crippen LogP contribution in [0.3, 0.4) is 0 Å². The van der Waals surface area contributed by atoms with Gasteiger partial charge in [0, 0.05) is 29.8 Å². The Kier molecular flexibility index (Phi) is 7.07. The first-order chi connectivity index (χ1) is 16.6. The summed E-state index contributed by atoms with van der Waals surface area (Å²) >= 11 is 0. The van der Waals surface area contributed by atoms with Crippen LogP contribution < -0.4 is 20.1 Å². The van der Waals surface area contributed by atoms with Gasteiger partial charge in [-0.3, -0.25) is 4.79 Å². The van der Waals surface area contributed by atoms with Gasteiger partial charge in [-0.15, -0.1) is 5.10 Å². The molecule has 0 radical (unpaired) electrons. The van der Waals surface area contributed by atoms with Crippen LogP contribution in [0, 0.1) is 6.92 Å². The molecule has 1 aromatic heterocycles. The van der Waals surface area contributed by atoms with E-state index in [9.17, 15) is 4.79 Å². The van der Waals surface area contributed by atoms with Gasteiger partial charge in [-0.1, -0.05) is 54.6 Å². The molecule has 174 valence electrons. The third kappa shape index (κ3) is 5.01. The van der Waals surface area contributed by atoms with E-state index in [1.807, 2.05) is 73.7 Å². The monoisotopic (exact) mass is 457 g/mol. The van der Waals surface area contributed by atoms with Gasteiger partial charge in [0.15, 0.2) is 0 Å². The zero-order chi connectivity index (χ0) is 23.9. The quantitative estimate of drug-likeness (QED) is 0.382. The second kappa shape index (κ2) is 10.5. The maximum absolute atomic E-state index is 13.4. The first-order valence-corrected chi connectivity index (χ1v) is 10.9. The molecule has 0 fully saturated rings. The van der Waals surface area contributed by atoms with Crippen LogP contribution in [-0.4, -0.2) is 34.9 Å². The minimum absolute atomic E-state index is 0.265. The van der Waals surface area contributed by atoms with E-state index in [0.717, 1.165) is 28.2 Å². The van der Waals surface area contributed by atoms with Crippen molar-refractivity contribution in [3.63, 3.8) is 0 Å². The first kappa shape index (κ1) is 22.8. The Hall–Kier alpha value is -4.33. The molecule has 0 atom stereocenters. The van der Waals surface area contributed by atoms with E-state index in [0.29, 0.717) is 30.5 Å². The lowest BCUT2D eigenvalue weighted by Gasteiger charge is -2.11. The number of nitrogens with one attached hydrogen (secondary N) is 2. The number of hydrogen-bond acceptors (Lipinski definition) is 7. The third-order valence-corrected chi connectivity index (χ3v) is 5.43. The van der Waals surface area contributed by atoms with E-state index in [-0.39, 0.29) is 5.91 Å². The second-order valence-electron chi connectivity index (χ2n) is 7.62. The van der Waals surface area contributed by atoms with Crippen molar-refractivity contribution >= 4 is 17.8 Å². The van der Waals surface area contributed by atoms with Gasteiger partial charge in [-0.2, -0.15) is 9.67 Å². The number of aromatic nitrogens is 3. The van der Waals surface area contributed by atoms with Gasteiger partial charge in [0.25, 0.3) is 5.91 Å². The molecule has 2 N–H and O–H groups in total. The molecule has 3 aromatic carbocycles. The van der Waals surface area contributed by atoms with Crippen molar-refractivity contribution in [2.45, 2.75) is 20.0 Å². The van der Waals surface area contributed by atoms with Crippen LogP contribution in [0.25, 0.3) is 0 Å². The maximum Gasteiger partial charge on any atom is 0.281 e. The molecular weight excluding hydrogens is 430 g/mol. The van der Waals surface area contributed by atoms with Crippen LogP contribution in [0.4, 0.5) is 11.9 Å². The Balaban J connectivity index is 1.62. The average Bonchev–Trinajstić information content (AvgIpc) is 3.29. The van der Waals surface area contributed by atoms with E-state index in [2.05, 4.69) is 20.7 Å². The molecule has 4 rings (SSSR count). The largest absolute Gasteiger partial charge is 0.496 e. The molecule has 0 spiro atoms. The predicted molar refractivity (Wildman–Crippen MR) is 132 cm³/mol. The minimum Gasteiger partial charge on any atom is -0.496 e. The molecule has 4 aromatic rings. The summed E-state index contributed by atoms with van der Waals surface area (Å²) in [4.78, 5) is 17.9. The van der Waals surface area contributed by atoms with Gasteiger partial charge in [0.1, 0.15) is 11.5 Å². The van der Waals surface area contributed by atoms with Gasteiger partial charge in [0.2, 0.25) is 11.9 Å². The molecule has 0 aliphatic heterocycles. The van der Waals surface area contributed by atoms with Crippen LogP contribution in [0.5, 0.6) is 11.5 Å². The van der Waals surface area contributed by atoms with Crippen molar-refractivity contribution in [1.29, 1.82) is 0 Å². The average molecular weight is 458 g/mol. The van der Waals surface area contributed by atoms with Gasteiger partial charge >= 0.3 is 0 Å². The van der Waals surface area contributed by atoms with Gasteiger partial charge in [-0.05, 0) is 30.7 Å². The van der Waals surface area contributed by atoms with E-state index >= 15 is 0 Å². The van der Waals surface area contributed by atoms with Crippen LogP contribution in [0.1, 0.15) is 27.0 Å². The van der Waals surface area contributed by atoms with Crippen molar-refractivity contribution in [1.82, 2.24) is 14.8 Å². The molecule has 34 heavy (non-hydrogen) atoms. The third-order valence-electron chi connectivity index (χ3n) is 5.43. The Labute approximate surface area is 198 Å². The fourth-order valence-electron chi connectivity index (χ4n) is 3.62. The molecule has 0 aliphatic rings. The summed E-state index contributed by atoms with van der Waals surface area (Å²) in [5.74, 6) is 1.91. The number of hydrogen-bond donors (Lipinski definition) is 2. The molecule has 0 saturated heterocycles. The van der Waals surface area contributed by atoms with Crippen molar-refractivity contribution in [2.75, 3.05) is 24.9 Å². The van der Waals surface area contributed by atoms with Crippen molar-refractivity contribution in [3.8, 4) is 11.5 Å². The Morgan fingerprint density at radius 2 is 1.38 bits per heavy atom. The summed E-state index contributed by atoms with van der Waals surface area (Å²) in [5.41, 5.74) is 3.31. The SMILES string of the molecule is COc1ccccc1CNc1nc(NCc2ccccc2OC)n(C(=O)c2ccccc2C)n1. The van der Waals surface area contributed by atoms with E-state index in [4.69, 9.17) is 9.47 Å². The number of rotatable bonds is 9. The fourth-order valence-corrected chi connectivity index (χ4v) is 3.62. The lowest BCUT2D eigenvalue weighted by Crippen LogP contribution is -2.18. The number of para-hydroxylation sites is 2. The van der Waals surface area contributed by atoms with Gasteiger partial charge < -0.3 is 20.1 Å². The molecule has 0 saturated carbocycles.